The predicted octanol–water partition coefficient (Wildman–Crippen LogP) is 2.59. The summed E-state index contributed by atoms with van der Waals surface area (Å²) >= 11 is 0. The molecule has 3 heteroatoms. The van der Waals surface area contributed by atoms with E-state index in [0.29, 0.717) is 6.04 Å². The molecule has 0 bridgehead atoms. The standard InChI is InChI=1S/C18H31N3/c1-14-10-15(2)12-16(11-14)18(19-3)7-9-21-8-6-17(13-21)20(4)5/h10-12,17-19H,6-9,13H2,1-5H3. The Hall–Kier alpha value is -0.900. The smallest absolute Gasteiger partial charge is 0.0329 e. The minimum Gasteiger partial charge on any atom is -0.313 e. The van der Waals surface area contributed by atoms with Gasteiger partial charge >= 0.3 is 0 Å². The summed E-state index contributed by atoms with van der Waals surface area (Å²) in [7, 11) is 6.47. The zero-order chi connectivity index (χ0) is 15.4. The summed E-state index contributed by atoms with van der Waals surface area (Å²) in [5, 5.41) is 3.49. The van der Waals surface area contributed by atoms with Crippen LogP contribution in [0.1, 0.15) is 35.6 Å². The number of rotatable bonds is 6. The van der Waals surface area contributed by atoms with Gasteiger partial charge in [-0.3, -0.25) is 0 Å². The second-order valence-electron chi connectivity index (χ2n) is 6.76. The molecule has 1 aromatic rings. The molecule has 3 nitrogen and oxygen atoms in total. The number of benzene rings is 1. The Balaban J connectivity index is 1.91. The van der Waals surface area contributed by atoms with Crippen LogP contribution in [0.15, 0.2) is 18.2 Å². The average Bonchev–Trinajstić information content (AvgIpc) is 2.87. The highest BCUT2D eigenvalue weighted by Gasteiger charge is 2.24. The number of hydrogen-bond donors (Lipinski definition) is 1. The van der Waals surface area contributed by atoms with Crippen LogP contribution in [0.4, 0.5) is 0 Å². The van der Waals surface area contributed by atoms with Gasteiger partial charge in [0.25, 0.3) is 0 Å². The molecule has 2 atom stereocenters. The van der Waals surface area contributed by atoms with Crippen molar-refractivity contribution in [3.05, 3.63) is 34.9 Å². The van der Waals surface area contributed by atoms with Gasteiger partial charge in [-0.25, -0.2) is 0 Å². The summed E-state index contributed by atoms with van der Waals surface area (Å²) in [4.78, 5) is 4.97. The van der Waals surface area contributed by atoms with Crippen LogP contribution in [0.25, 0.3) is 0 Å². The highest BCUT2D eigenvalue weighted by atomic mass is 15.2. The van der Waals surface area contributed by atoms with Crippen molar-refractivity contribution in [2.45, 2.75) is 38.8 Å². The lowest BCUT2D eigenvalue weighted by Gasteiger charge is -2.23. The second kappa shape index (κ2) is 7.39. The van der Waals surface area contributed by atoms with E-state index in [1.807, 2.05) is 0 Å². The van der Waals surface area contributed by atoms with Crippen molar-refractivity contribution >= 4 is 0 Å². The fourth-order valence-electron chi connectivity index (χ4n) is 3.44. The van der Waals surface area contributed by atoms with Gasteiger partial charge < -0.3 is 15.1 Å². The highest BCUT2D eigenvalue weighted by Crippen LogP contribution is 2.21. The van der Waals surface area contributed by atoms with Gasteiger partial charge in [0.15, 0.2) is 0 Å². The third kappa shape index (κ3) is 4.53. The Morgan fingerprint density at radius 1 is 1.24 bits per heavy atom. The molecule has 0 aromatic heterocycles. The van der Waals surface area contributed by atoms with Crippen molar-refractivity contribution in [2.24, 2.45) is 0 Å². The molecule has 0 spiro atoms. The lowest BCUT2D eigenvalue weighted by Crippen LogP contribution is -2.32. The van der Waals surface area contributed by atoms with E-state index in [4.69, 9.17) is 0 Å². The van der Waals surface area contributed by atoms with E-state index in [1.165, 1.54) is 49.2 Å². The normalized spacial score (nSPS) is 21.1. The summed E-state index contributed by atoms with van der Waals surface area (Å²) in [5.41, 5.74) is 4.15. The van der Waals surface area contributed by atoms with Gasteiger partial charge in [0, 0.05) is 25.2 Å². The van der Waals surface area contributed by atoms with Crippen LogP contribution in [0.5, 0.6) is 0 Å². The Morgan fingerprint density at radius 3 is 2.43 bits per heavy atom. The molecule has 0 radical (unpaired) electrons. The van der Waals surface area contributed by atoms with E-state index < -0.39 is 0 Å². The fourth-order valence-corrected chi connectivity index (χ4v) is 3.44. The van der Waals surface area contributed by atoms with Gasteiger partial charge in [-0.15, -0.1) is 0 Å². The van der Waals surface area contributed by atoms with Gasteiger partial charge in [0.2, 0.25) is 0 Å². The molecule has 0 saturated carbocycles. The number of likely N-dealkylation sites (N-methyl/N-ethyl adjacent to an activating group) is 1. The van der Waals surface area contributed by atoms with Crippen LogP contribution in [0, 0.1) is 13.8 Å². The number of aryl methyl sites for hydroxylation is 2. The molecule has 0 amide bonds. The molecule has 1 aromatic carbocycles. The first-order chi connectivity index (χ1) is 9.99. The van der Waals surface area contributed by atoms with Gasteiger partial charge in [0.05, 0.1) is 0 Å². The average molecular weight is 289 g/mol. The first kappa shape index (κ1) is 16.5. The quantitative estimate of drug-likeness (QED) is 0.868. The molecule has 118 valence electrons. The van der Waals surface area contributed by atoms with Gasteiger partial charge in [0.1, 0.15) is 0 Å². The molecular formula is C18H31N3. The van der Waals surface area contributed by atoms with Crippen molar-refractivity contribution < 1.29 is 0 Å². The third-order valence-electron chi connectivity index (χ3n) is 4.71. The Morgan fingerprint density at radius 2 is 1.90 bits per heavy atom. The minimum absolute atomic E-state index is 0.460. The van der Waals surface area contributed by atoms with E-state index in [-0.39, 0.29) is 0 Å². The zero-order valence-electron chi connectivity index (χ0n) is 14.3. The largest absolute Gasteiger partial charge is 0.313 e. The van der Waals surface area contributed by atoms with Crippen molar-refractivity contribution in [3.8, 4) is 0 Å². The lowest BCUT2D eigenvalue weighted by molar-refractivity contribution is 0.261. The van der Waals surface area contributed by atoms with Crippen molar-refractivity contribution in [3.63, 3.8) is 0 Å². The molecule has 0 aliphatic carbocycles. The van der Waals surface area contributed by atoms with E-state index in [1.54, 1.807) is 0 Å². The summed E-state index contributed by atoms with van der Waals surface area (Å²) in [6.07, 6.45) is 2.49. The number of likely N-dealkylation sites (tertiary alicyclic amines) is 1. The van der Waals surface area contributed by atoms with Crippen molar-refractivity contribution in [1.29, 1.82) is 0 Å². The van der Waals surface area contributed by atoms with Crippen molar-refractivity contribution in [2.75, 3.05) is 40.8 Å². The van der Waals surface area contributed by atoms with Crippen LogP contribution >= 0.6 is 0 Å². The van der Waals surface area contributed by atoms with Gasteiger partial charge in [-0.2, -0.15) is 0 Å². The maximum atomic E-state index is 3.49. The van der Waals surface area contributed by atoms with Crippen LogP contribution in [-0.4, -0.2) is 56.6 Å². The highest BCUT2D eigenvalue weighted by molar-refractivity contribution is 5.30. The predicted molar refractivity (Wildman–Crippen MR) is 90.9 cm³/mol. The molecule has 2 rings (SSSR count). The molecule has 1 aliphatic rings. The van der Waals surface area contributed by atoms with Crippen LogP contribution in [0.2, 0.25) is 0 Å². The Labute approximate surface area is 130 Å². The maximum absolute atomic E-state index is 3.49. The zero-order valence-corrected chi connectivity index (χ0v) is 14.3. The van der Waals surface area contributed by atoms with E-state index in [2.05, 4.69) is 68.3 Å². The van der Waals surface area contributed by atoms with Gasteiger partial charge in [-0.1, -0.05) is 29.3 Å². The summed E-state index contributed by atoms with van der Waals surface area (Å²) in [6.45, 7) is 8.02. The Kier molecular flexibility index (Phi) is 5.80. The molecular weight excluding hydrogens is 258 g/mol. The number of hydrogen-bond acceptors (Lipinski definition) is 3. The van der Waals surface area contributed by atoms with E-state index in [0.717, 1.165) is 6.04 Å². The molecule has 1 N–H and O–H groups in total. The molecule has 1 heterocycles. The second-order valence-corrected chi connectivity index (χ2v) is 6.76. The lowest BCUT2D eigenvalue weighted by atomic mass is 9.99. The molecule has 1 aliphatic heterocycles. The topological polar surface area (TPSA) is 18.5 Å². The third-order valence-corrected chi connectivity index (χ3v) is 4.71. The molecule has 1 fully saturated rings. The van der Waals surface area contributed by atoms with Crippen LogP contribution in [0.3, 0.4) is 0 Å². The summed E-state index contributed by atoms with van der Waals surface area (Å²) in [6, 6.07) is 8.08. The van der Waals surface area contributed by atoms with E-state index >= 15 is 0 Å². The van der Waals surface area contributed by atoms with E-state index in [9.17, 15) is 0 Å². The number of nitrogens with one attached hydrogen (secondary N) is 1. The molecule has 21 heavy (non-hydrogen) atoms. The monoisotopic (exact) mass is 289 g/mol. The molecule has 2 unspecified atom stereocenters. The van der Waals surface area contributed by atoms with Crippen LogP contribution in [-0.2, 0) is 0 Å². The first-order valence-electron chi connectivity index (χ1n) is 8.14. The SMILES string of the molecule is CNC(CCN1CCC(N(C)C)C1)c1cc(C)cc(C)c1. The van der Waals surface area contributed by atoms with Gasteiger partial charge in [-0.05, 0) is 59.9 Å². The summed E-state index contributed by atoms with van der Waals surface area (Å²) in [5.74, 6) is 0. The van der Waals surface area contributed by atoms with Crippen molar-refractivity contribution in [1.82, 2.24) is 15.1 Å². The molecule has 1 saturated heterocycles. The summed E-state index contributed by atoms with van der Waals surface area (Å²) < 4.78 is 0. The fraction of sp³-hybridized carbons (Fsp3) is 0.667. The Bertz CT molecular complexity index is 436. The van der Waals surface area contributed by atoms with Crippen LogP contribution < -0.4 is 5.32 Å². The maximum Gasteiger partial charge on any atom is 0.0329 e. The number of nitrogens with zero attached hydrogens (tertiary/aromatic N) is 2. The minimum atomic E-state index is 0.460. The first-order valence-corrected chi connectivity index (χ1v) is 8.14.